The van der Waals surface area contributed by atoms with Crippen molar-refractivity contribution in [1.29, 1.82) is 0 Å². The van der Waals surface area contributed by atoms with Gasteiger partial charge in [0.15, 0.2) is 15.5 Å². The summed E-state index contributed by atoms with van der Waals surface area (Å²) in [5.41, 5.74) is 7.71. The van der Waals surface area contributed by atoms with Crippen LogP contribution in [0.15, 0.2) is 59.6 Å². The molecule has 1 saturated heterocycles. The lowest BCUT2D eigenvalue weighted by atomic mass is 9.89. The SMILES string of the molecule is COCCS(=O)(=O)c1ccc(-c2n[nH]c3ncc(-c4ccc5c(c4)CCC(C)(N4CCC[C@H]4C)CC5)cc23)cc1. The van der Waals surface area contributed by atoms with Crippen LogP contribution in [0.3, 0.4) is 0 Å². The molecule has 40 heavy (non-hydrogen) atoms. The second-order valence-corrected chi connectivity index (χ2v) is 13.8. The van der Waals surface area contributed by atoms with Gasteiger partial charge in [-0.25, -0.2) is 13.4 Å². The minimum atomic E-state index is -3.39. The average molecular weight is 559 g/mol. The molecule has 4 aromatic rings. The number of sulfone groups is 1. The molecule has 0 saturated carbocycles. The fourth-order valence-electron chi connectivity index (χ4n) is 6.65. The van der Waals surface area contributed by atoms with Gasteiger partial charge in [-0.15, -0.1) is 0 Å². The number of aromatic nitrogens is 3. The molecular formula is C32H38N4O3S. The summed E-state index contributed by atoms with van der Waals surface area (Å²) in [7, 11) is -1.89. The first-order valence-corrected chi connectivity index (χ1v) is 16.0. The zero-order valence-electron chi connectivity index (χ0n) is 23.6. The number of methoxy groups -OCH3 is 1. The molecule has 1 aliphatic heterocycles. The van der Waals surface area contributed by atoms with Crippen molar-refractivity contribution >= 4 is 20.9 Å². The molecule has 8 heteroatoms. The lowest BCUT2D eigenvalue weighted by molar-refractivity contribution is 0.0821. The molecule has 2 aromatic heterocycles. The third-order valence-electron chi connectivity index (χ3n) is 9.11. The van der Waals surface area contributed by atoms with E-state index >= 15 is 0 Å². The fraction of sp³-hybridized carbons (Fsp3) is 0.438. The molecule has 0 spiro atoms. The monoisotopic (exact) mass is 558 g/mol. The standard InChI is InChI=1S/C32H38N4O3S/c1-22-5-4-16-36(22)32(2)14-12-23-6-7-25(19-26(23)13-15-32)27-20-29-30(34-35-31(29)33-21-27)24-8-10-28(11-9-24)40(37,38)18-17-39-3/h6-11,19-22H,4-5,12-18H2,1-3H3,(H,33,34,35)/t22-,32?/m1/s1. The van der Waals surface area contributed by atoms with Crippen molar-refractivity contribution in [2.45, 2.75) is 68.8 Å². The van der Waals surface area contributed by atoms with E-state index in [4.69, 9.17) is 4.74 Å². The molecular weight excluding hydrogens is 520 g/mol. The van der Waals surface area contributed by atoms with E-state index < -0.39 is 9.84 Å². The Hall–Kier alpha value is -3.07. The first-order chi connectivity index (χ1) is 19.3. The van der Waals surface area contributed by atoms with Crippen LogP contribution < -0.4 is 0 Å². The van der Waals surface area contributed by atoms with E-state index in [-0.39, 0.29) is 22.8 Å². The van der Waals surface area contributed by atoms with Gasteiger partial charge in [0.05, 0.1) is 17.3 Å². The van der Waals surface area contributed by atoms with E-state index in [0.29, 0.717) is 11.7 Å². The molecule has 2 atom stereocenters. The molecule has 0 radical (unpaired) electrons. The van der Waals surface area contributed by atoms with Crippen molar-refractivity contribution < 1.29 is 13.2 Å². The summed E-state index contributed by atoms with van der Waals surface area (Å²) >= 11 is 0. The highest BCUT2D eigenvalue weighted by molar-refractivity contribution is 7.91. The molecule has 3 heterocycles. The van der Waals surface area contributed by atoms with Crippen LogP contribution in [0.4, 0.5) is 0 Å². The largest absolute Gasteiger partial charge is 0.384 e. The minimum absolute atomic E-state index is 0.0428. The summed E-state index contributed by atoms with van der Waals surface area (Å²) in [6.45, 7) is 6.26. The number of nitrogens with one attached hydrogen (secondary N) is 1. The Kier molecular flexibility index (Phi) is 7.27. The Bertz CT molecular complexity index is 1630. The smallest absolute Gasteiger partial charge is 0.180 e. The number of ether oxygens (including phenoxy) is 1. The fourth-order valence-corrected chi connectivity index (χ4v) is 7.82. The van der Waals surface area contributed by atoms with Gasteiger partial charge in [0.25, 0.3) is 0 Å². The normalized spacial score (nSPS) is 21.9. The molecule has 0 amide bonds. The summed E-state index contributed by atoms with van der Waals surface area (Å²) in [5, 5.41) is 8.47. The van der Waals surface area contributed by atoms with Crippen molar-refractivity contribution in [3.8, 4) is 22.4 Å². The van der Waals surface area contributed by atoms with Gasteiger partial charge in [-0.05, 0) is 93.8 Å². The number of fused-ring (bicyclic) bond motifs is 2. The number of rotatable bonds is 7. The van der Waals surface area contributed by atoms with E-state index in [1.807, 2.05) is 18.3 Å². The Balaban J connectivity index is 1.27. The number of hydrogen-bond donors (Lipinski definition) is 1. The first-order valence-electron chi connectivity index (χ1n) is 14.3. The molecule has 1 aliphatic carbocycles. The van der Waals surface area contributed by atoms with Gasteiger partial charge >= 0.3 is 0 Å². The van der Waals surface area contributed by atoms with Gasteiger partial charge in [0, 0.05) is 41.4 Å². The highest BCUT2D eigenvalue weighted by Gasteiger charge is 2.38. The number of H-pyrrole nitrogens is 1. The van der Waals surface area contributed by atoms with Crippen LogP contribution in [0, 0.1) is 0 Å². The highest BCUT2D eigenvalue weighted by atomic mass is 32.2. The summed E-state index contributed by atoms with van der Waals surface area (Å²) in [6.07, 6.45) is 9.15. The number of aryl methyl sites for hydroxylation is 2. The van der Waals surface area contributed by atoms with Crippen LogP contribution in [0.1, 0.15) is 50.7 Å². The summed E-state index contributed by atoms with van der Waals surface area (Å²) in [5.74, 6) is -0.0428. The number of pyridine rings is 1. The molecule has 1 fully saturated rings. The summed E-state index contributed by atoms with van der Waals surface area (Å²) < 4.78 is 30.0. The van der Waals surface area contributed by atoms with Gasteiger partial charge in [0.1, 0.15) is 5.69 Å². The maximum Gasteiger partial charge on any atom is 0.180 e. The molecule has 6 rings (SSSR count). The van der Waals surface area contributed by atoms with Crippen molar-refractivity contribution in [3.05, 3.63) is 65.9 Å². The number of nitrogens with zero attached hydrogens (tertiary/aromatic N) is 3. The lowest BCUT2D eigenvalue weighted by Gasteiger charge is -2.41. The predicted molar refractivity (Wildman–Crippen MR) is 159 cm³/mol. The van der Waals surface area contributed by atoms with Crippen LogP contribution >= 0.6 is 0 Å². The van der Waals surface area contributed by atoms with E-state index in [0.717, 1.165) is 40.6 Å². The number of aromatic amines is 1. The second kappa shape index (κ2) is 10.7. The summed E-state index contributed by atoms with van der Waals surface area (Å²) in [6, 6.07) is 16.6. The Morgan fingerprint density at radius 1 is 1.02 bits per heavy atom. The Morgan fingerprint density at radius 2 is 1.77 bits per heavy atom. The van der Waals surface area contributed by atoms with Crippen LogP contribution in [-0.4, -0.2) is 66.1 Å². The van der Waals surface area contributed by atoms with Crippen LogP contribution in [0.5, 0.6) is 0 Å². The van der Waals surface area contributed by atoms with E-state index in [9.17, 15) is 8.42 Å². The molecule has 1 N–H and O–H groups in total. The zero-order chi connectivity index (χ0) is 27.9. The third kappa shape index (κ3) is 5.08. The molecule has 0 bridgehead atoms. The molecule has 2 aliphatic rings. The van der Waals surface area contributed by atoms with E-state index in [1.54, 1.807) is 12.1 Å². The number of hydrogen-bond acceptors (Lipinski definition) is 6. The van der Waals surface area contributed by atoms with Crippen molar-refractivity contribution in [1.82, 2.24) is 20.1 Å². The average Bonchev–Trinajstić information content (AvgIpc) is 3.56. The van der Waals surface area contributed by atoms with Crippen molar-refractivity contribution in [2.75, 3.05) is 26.0 Å². The van der Waals surface area contributed by atoms with Crippen molar-refractivity contribution in [3.63, 3.8) is 0 Å². The molecule has 1 unspecified atom stereocenters. The Morgan fingerprint density at radius 3 is 2.50 bits per heavy atom. The van der Waals surface area contributed by atoms with Crippen LogP contribution in [-0.2, 0) is 27.4 Å². The highest BCUT2D eigenvalue weighted by Crippen LogP contribution is 2.38. The zero-order valence-corrected chi connectivity index (χ0v) is 24.4. The van der Waals surface area contributed by atoms with Gasteiger partial charge in [-0.3, -0.25) is 10.00 Å². The molecule has 7 nitrogen and oxygen atoms in total. The number of likely N-dealkylation sites (tertiary alicyclic amines) is 1. The van der Waals surface area contributed by atoms with E-state index in [1.165, 1.54) is 50.5 Å². The molecule has 210 valence electrons. The topological polar surface area (TPSA) is 88.2 Å². The predicted octanol–water partition coefficient (Wildman–Crippen LogP) is 5.83. The number of benzene rings is 2. The van der Waals surface area contributed by atoms with Gasteiger partial charge < -0.3 is 4.74 Å². The van der Waals surface area contributed by atoms with Gasteiger partial charge in [-0.2, -0.15) is 5.10 Å². The van der Waals surface area contributed by atoms with Gasteiger partial charge in [-0.1, -0.05) is 30.3 Å². The first kappa shape index (κ1) is 27.1. The minimum Gasteiger partial charge on any atom is -0.384 e. The van der Waals surface area contributed by atoms with Gasteiger partial charge in [0.2, 0.25) is 0 Å². The molecule has 2 aromatic carbocycles. The lowest BCUT2D eigenvalue weighted by Crippen LogP contribution is -2.48. The quantitative estimate of drug-likeness (QED) is 0.287. The third-order valence-corrected chi connectivity index (χ3v) is 10.8. The van der Waals surface area contributed by atoms with E-state index in [2.05, 4.69) is 58.2 Å². The van der Waals surface area contributed by atoms with Crippen LogP contribution in [0.25, 0.3) is 33.4 Å². The van der Waals surface area contributed by atoms with Crippen molar-refractivity contribution in [2.24, 2.45) is 0 Å². The van der Waals surface area contributed by atoms with Crippen LogP contribution in [0.2, 0.25) is 0 Å². The summed E-state index contributed by atoms with van der Waals surface area (Å²) in [4.78, 5) is 7.72. The second-order valence-electron chi connectivity index (χ2n) is 11.7. The Labute approximate surface area is 236 Å². The maximum absolute atomic E-state index is 12.5. The maximum atomic E-state index is 12.5.